The number of hydrogen-bond acceptors (Lipinski definition) is 1. The number of hydrogen-bond donors (Lipinski definition) is 1. The van der Waals surface area contributed by atoms with Crippen LogP contribution < -0.4 is 5.73 Å². The van der Waals surface area contributed by atoms with Gasteiger partial charge in [0.1, 0.15) is 0 Å². The van der Waals surface area contributed by atoms with Crippen LogP contribution in [0.25, 0.3) is 0 Å². The third-order valence-corrected chi connectivity index (χ3v) is 1.27. The van der Waals surface area contributed by atoms with Crippen molar-refractivity contribution < 1.29 is 13.2 Å². The molecule has 11 heavy (non-hydrogen) atoms. The van der Waals surface area contributed by atoms with E-state index in [2.05, 4.69) is 0 Å². The molecule has 0 aromatic heterocycles. The highest BCUT2D eigenvalue weighted by Crippen LogP contribution is 2.22. The van der Waals surface area contributed by atoms with Crippen LogP contribution >= 0.6 is 0 Å². The molecule has 0 aliphatic heterocycles. The molecule has 0 saturated heterocycles. The fraction of sp³-hybridized carbons (Fsp3) is 1.00. The smallest absolute Gasteiger partial charge is 0.327 e. The fourth-order valence-electron chi connectivity index (χ4n) is 0.986. The van der Waals surface area contributed by atoms with Crippen molar-refractivity contribution in [3.63, 3.8) is 0 Å². The Kier molecular flexibility index (Phi) is 3.86. The molecule has 68 valence electrons. The van der Waals surface area contributed by atoms with Crippen LogP contribution in [-0.4, -0.2) is 12.2 Å². The zero-order valence-electron chi connectivity index (χ0n) is 6.78. The van der Waals surface area contributed by atoms with Gasteiger partial charge in [-0.1, -0.05) is 13.8 Å². The lowest BCUT2D eigenvalue weighted by Gasteiger charge is -2.15. The van der Waals surface area contributed by atoms with Gasteiger partial charge in [-0.05, 0) is 12.3 Å². The van der Waals surface area contributed by atoms with Crippen LogP contribution in [0.15, 0.2) is 0 Å². The highest BCUT2D eigenvalue weighted by Gasteiger charge is 2.30. The number of nitrogens with two attached hydrogens (primary N) is 1. The van der Waals surface area contributed by atoms with Gasteiger partial charge in [0.05, 0.1) is 6.42 Å². The van der Waals surface area contributed by atoms with Gasteiger partial charge in [-0.15, -0.1) is 0 Å². The molecule has 0 bridgehead atoms. The molecule has 0 aromatic rings. The second-order valence-electron chi connectivity index (χ2n) is 3.21. The highest BCUT2D eigenvalue weighted by atomic mass is 19.4. The quantitative estimate of drug-likeness (QED) is 0.689. The standard InChI is InChI=1S/C7H14F3N/c1-5(2)3-6(11)4-7(8,9)10/h5-6H,3-4,11H2,1-2H3/t6-/m0/s1. The average molecular weight is 169 g/mol. The lowest BCUT2D eigenvalue weighted by molar-refractivity contribution is -0.138. The first-order valence-corrected chi connectivity index (χ1v) is 3.63. The Balaban J connectivity index is 3.61. The van der Waals surface area contributed by atoms with Gasteiger partial charge in [-0.25, -0.2) is 0 Å². The summed E-state index contributed by atoms with van der Waals surface area (Å²) in [5, 5.41) is 0. The molecule has 2 N–H and O–H groups in total. The summed E-state index contributed by atoms with van der Waals surface area (Å²) in [6, 6.07) is -0.741. The Labute approximate surface area is 64.8 Å². The van der Waals surface area contributed by atoms with Gasteiger partial charge in [0.2, 0.25) is 0 Å². The van der Waals surface area contributed by atoms with E-state index in [1.165, 1.54) is 0 Å². The van der Waals surface area contributed by atoms with Gasteiger partial charge in [0.15, 0.2) is 0 Å². The maximum atomic E-state index is 11.7. The van der Waals surface area contributed by atoms with Gasteiger partial charge in [0, 0.05) is 6.04 Å². The Morgan fingerprint density at radius 1 is 1.27 bits per heavy atom. The average Bonchev–Trinajstić information content (AvgIpc) is 1.53. The van der Waals surface area contributed by atoms with Crippen LogP contribution in [0.1, 0.15) is 26.7 Å². The lowest BCUT2D eigenvalue weighted by atomic mass is 10.0. The summed E-state index contributed by atoms with van der Waals surface area (Å²) in [5.74, 6) is 0.229. The third kappa shape index (κ3) is 7.65. The maximum Gasteiger partial charge on any atom is 0.390 e. The van der Waals surface area contributed by atoms with Crippen molar-refractivity contribution >= 4 is 0 Å². The zero-order valence-corrected chi connectivity index (χ0v) is 6.78. The molecule has 1 nitrogen and oxygen atoms in total. The molecule has 4 heteroatoms. The van der Waals surface area contributed by atoms with Crippen molar-refractivity contribution in [1.29, 1.82) is 0 Å². The molecule has 0 rings (SSSR count). The predicted octanol–water partition coefficient (Wildman–Crippen LogP) is 2.31. The van der Waals surface area contributed by atoms with Gasteiger partial charge >= 0.3 is 6.18 Å². The summed E-state index contributed by atoms with van der Waals surface area (Å²) in [7, 11) is 0. The normalized spacial score (nSPS) is 15.5. The molecule has 1 atom stereocenters. The van der Waals surface area contributed by atoms with Crippen LogP contribution in [0.3, 0.4) is 0 Å². The van der Waals surface area contributed by atoms with Crippen molar-refractivity contribution in [2.75, 3.05) is 0 Å². The van der Waals surface area contributed by atoms with E-state index in [9.17, 15) is 13.2 Å². The summed E-state index contributed by atoms with van der Waals surface area (Å²) in [5.41, 5.74) is 5.24. The molecular weight excluding hydrogens is 155 g/mol. The van der Waals surface area contributed by atoms with E-state index >= 15 is 0 Å². The summed E-state index contributed by atoms with van der Waals surface area (Å²) < 4.78 is 35.0. The molecule has 0 aromatic carbocycles. The molecule has 0 fully saturated rings. The van der Waals surface area contributed by atoms with E-state index in [-0.39, 0.29) is 5.92 Å². The highest BCUT2D eigenvalue weighted by molar-refractivity contribution is 4.67. The van der Waals surface area contributed by atoms with E-state index < -0.39 is 18.6 Å². The Morgan fingerprint density at radius 3 is 2.00 bits per heavy atom. The topological polar surface area (TPSA) is 26.0 Å². The fourth-order valence-corrected chi connectivity index (χ4v) is 0.986. The molecule has 0 unspecified atom stereocenters. The Morgan fingerprint density at radius 2 is 1.73 bits per heavy atom. The van der Waals surface area contributed by atoms with E-state index in [0.29, 0.717) is 6.42 Å². The van der Waals surface area contributed by atoms with E-state index in [0.717, 1.165) is 0 Å². The molecule has 0 aliphatic rings. The van der Waals surface area contributed by atoms with Crippen molar-refractivity contribution in [1.82, 2.24) is 0 Å². The lowest BCUT2D eigenvalue weighted by Crippen LogP contribution is -2.28. The number of halogens is 3. The minimum Gasteiger partial charge on any atom is -0.327 e. The third-order valence-electron chi connectivity index (χ3n) is 1.27. The van der Waals surface area contributed by atoms with E-state index in [1.54, 1.807) is 0 Å². The van der Waals surface area contributed by atoms with Crippen LogP contribution in [0.4, 0.5) is 13.2 Å². The van der Waals surface area contributed by atoms with Crippen molar-refractivity contribution in [3.8, 4) is 0 Å². The van der Waals surface area contributed by atoms with Crippen molar-refractivity contribution in [3.05, 3.63) is 0 Å². The summed E-state index contributed by atoms with van der Waals surface area (Å²) in [6.45, 7) is 3.71. The minimum atomic E-state index is -4.12. The SMILES string of the molecule is CC(C)C[C@H](N)CC(F)(F)F. The zero-order chi connectivity index (χ0) is 9.07. The first-order valence-electron chi connectivity index (χ1n) is 3.63. The molecule has 0 heterocycles. The first kappa shape index (κ1) is 10.8. The summed E-state index contributed by atoms with van der Waals surface area (Å²) in [6.07, 6.45) is -4.56. The van der Waals surface area contributed by atoms with Crippen LogP contribution in [0.2, 0.25) is 0 Å². The summed E-state index contributed by atoms with van der Waals surface area (Å²) >= 11 is 0. The van der Waals surface area contributed by atoms with Gasteiger partial charge in [-0.3, -0.25) is 0 Å². The van der Waals surface area contributed by atoms with Crippen LogP contribution in [-0.2, 0) is 0 Å². The van der Waals surface area contributed by atoms with Crippen molar-refractivity contribution in [2.24, 2.45) is 11.7 Å². The van der Waals surface area contributed by atoms with Gasteiger partial charge in [0.25, 0.3) is 0 Å². The van der Waals surface area contributed by atoms with Crippen molar-refractivity contribution in [2.45, 2.75) is 38.9 Å². The molecule has 0 radical (unpaired) electrons. The monoisotopic (exact) mass is 169 g/mol. The van der Waals surface area contributed by atoms with E-state index in [4.69, 9.17) is 5.73 Å². The van der Waals surface area contributed by atoms with Gasteiger partial charge in [-0.2, -0.15) is 13.2 Å². The van der Waals surface area contributed by atoms with Crippen LogP contribution in [0.5, 0.6) is 0 Å². The molecule has 0 saturated carbocycles. The number of rotatable bonds is 3. The predicted molar refractivity (Wildman–Crippen MR) is 38.1 cm³/mol. The number of alkyl halides is 3. The maximum absolute atomic E-state index is 11.7. The Hall–Kier alpha value is -0.250. The second kappa shape index (κ2) is 3.95. The molecule has 0 amide bonds. The second-order valence-corrected chi connectivity index (χ2v) is 3.21. The summed E-state index contributed by atoms with van der Waals surface area (Å²) in [4.78, 5) is 0. The van der Waals surface area contributed by atoms with Crippen LogP contribution in [0, 0.1) is 5.92 Å². The van der Waals surface area contributed by atoms with Gasteiger partial charge < -0.3 is 5.73 Å². The molecule has 0 aliphatic carbocycles. The Bertz CT molecular complexity index is 109. The minimum absolute atomic E-state index is 0.229. The molecule has 0 spiro atoms. The molecular formula is C7H14F3N. The van der Waals surface area contributed by atoms with E-state index in [1.807, 2.05) is 13.8 Å². The largest absolute Gasteiger partial charge is 0.390 e. The first-order chi connectivity index (χ1) is 4.81.